The highest BCUT2D eigenvalue weighted by Crippen LogP contribution is 2.13. The molecular formula is C18H25N3O3. The molecule has 1 atom stereocenters. The summed E-state index contributed by atoms with van der Waals surface area (Å²) in [6.45, 7) is 8.46. The monoisotopic (exact) mass is 331 g/mol. The Morgan fingerprint density at radius 2 is 1.83 bits per heavy atom. The molecule has 6 heteroatoms. The zero-order valence-electron chi connectivity index (χ0n) is 14.0. The van der Waals surface area contributed by atoms with Crippen LogP contribution in [0.5, 0.6) is 0 Å². The maximum absolute atomic E-state index is 12.4. The van der Waals surface area contributed by atoms with Gasteiger partial charge in [-0.25, -0.2) is 0 Å². The summed E-state index contributed by atoms with van der Waals surface area (Å²) >= 11 is 0. The summed E-state index contributed by atoms with van der Waals surface area (Å²) in [5, 5.41) is 2.75. The number of methoxy groups -OCH3 is 1. The number of nitrogens with zero attached hydrogens (tertiary/aromatic N) is 1. The van der Waals surface area contributed by atoms with Crippen LogP contribution in [-0.4, -0.2) is 49.6 Å². The lowest BCUT2D eigenvalue weighted by Crippen LogP contribution is -2.31. The highest BCUT2D eigenvalue weighted by molar-refractivity contribution is 5.96. The molecule has 0 aliphatic carbocycles. The topological polar surface area (TPSA) is 84.7 Å². The highest BCUT2D eigenvalue weighted by atomic mass is 16.5. The molecule has 1 rings (SSSR count). The number of hydrogen-bond donors (Lipinski definition) is 2. The van der Waals surface area contributed by atoms with Crippen molar-refractivity contribution in [3.8, 4) is 0 Å². The summed E-state index contributed by atoms with van der Waals surface area (Å²) in [5.74, 6) is -0.304. The maximum atomic E-state index is 12.4. The molecule has 1 aromatic carbocycles. The molecule has 0 aliphatic rings. The van der Waals surface area contributed by atoms with Crippen LogP contribution in [0.2, 0.25) is 0 Å². The number of hydrogen-bond acceptors (Lipinski definition) is 4. The van der Waals surface area contributed by atoms with Crippen LogP contribution in [0.1, 0.15) is 16.8 Å². The lowest BCUT2D eigenvalue weighted by molar-refractivity contribution is -0.118. The van der Waals surface area contributed by atoms with Crippen molar-refractivity contribution in [3.63, 3.8) is 0 Å². The second-order valence-corrected chi connectivity index (χ2v) is 5.21. The van der Waals surface area contributed by atoms with Crippen LogP contribution in [0, 0.1) is 0 Å². The van der Waals surface area contributed by atoms with Crippen molar-refractivity contribution in [3.05, 3.63) is 55.1 Å². The second kappa shape index (κ2) is 10.4. The van der Waals surface area contributed by atoms with Crippen LogP contribution < -0.4 is 11.1 Å². The molecular weight excluding hydrogens is 306 g/mol. The highest BCUT2D eigenvalue weighted by Gasteiger charge is 2.14. The summed E-state index contributed by atoms with van der Waals surface area (Å²) in [6, 6.07) is 6.73. The second-order valence-electron chi connectivity index (χ2n) is 5.21. The van der Waals surface area contributed by atoms with Gasteiger partial charge in [-0.2, -0.15) is 0 Å². The molecule has 2 amide bonds. The average molecular weight is 331 g/mol. The van der Waals surface area contributed by atoms with E-state index < -0.39 is 0 Å². The molecule has 0 heterocycles. The van der Waals surface area contributed by atoms with Gasteiger partial charge in [-0.05, 0) is 24.3 Å². The third kappa shape index (κ3) is 5.98. The molecule has 0 radical (unpaired) electrons. The molecule has 6 nitrogen and oxygen atoms in total. The largest absolute Gasteiger partial charge is 0.380 e. The van der Waals surface area contributed by atoms with Crippen molar-refractivity contribution < 1.29 is 14.3 Å². The molecule has 130 valence electrons. The molecule has 0 saturated heterocycles. The Bertz CT molecular complexity index is 555. The number of ether oxygens (including phenoxy) is 1. The van der Waals surface area contributed by atoms with Crippen molar-refractivity contribution >= 4 is 17.5 Å². The number of nitrogens with one attached hydrogen (secondary N) is 1. The first-order valence-electron chi connectivity index (χ1n) is 7.69. The van der Waals surface area contributed by atoms with Crippen LogP contribution in [0.4, 0.5) is 5.69 Å². The standard InChI is InChI=1S/C18H25N3O3/c1-4-10-21(11-5-2)18(23)14-6-8-15(9-7-14)20-17(22)12-16(13-19)24-3/h4-9,16H,1-2,10-13,19H2,3H3,(H,20,22). The summed E-state index contributed by atoms with van der Waals surface area (Å²) in [4.78, 5) is 25.9. The Morgan fingerprint density at radius 3 is 2.29 bits per heavy atom. The van der Waals surface area contributed by atoms with Crippen LogP contribution >= 0.6 is 0 Å². The molecule has 3 N–H and O–H groups in total. The number of carbonyl (C=O) groups excluding carboxylic acids is 2. The SMILES string of the molecule is C=CCN(CC=C)C(=O)c1ccc(NC(=O)CC(CN)OC)cc1. The summed E-state index contributed by atoms with van der Waals surface area (Å²) in [6.07, 6.45) is 3.21. The van der Waals surface area contributed by atoms with Gasteiger partial charge in [-0.1, -0.05) is 12.2 Å². The van der Waals surface area contributed by atoms with E-state index in [0.29, 0.717) is 24.3 Å². The van der Waals surface area contributed by atoms with Crippen LogP contribution in [0.3, 0.4) is 0 Å². The Morgan fingerprint density at radius 1 is 1.25 bits per heavy atom. The van der Waals surface area contributed by atoms with Crippen LogP contribution in [-0.2, 0) is 9.53 Å². The normalized spacial score (nSPS) is 11.4. The maximum Gasteiger partial charge on any atom is 0.254 e. The first-order valence-corrected chi connectivity index (χ1v) is 7.69. The molecule has 0 aromatic heterocycles. The number of rotatable bonds is 10. The summed E-state index contributed by atoms with van der Waals surface area (Å²) in [7, 11) is 1.52. The van der Waals surface area contributed by atoms with E-state index >= 15 is 0 Å². The van der Waals surface area contributed by atoms with E-state index in [2.05, 4.69) is 18.5 Å². The van der Waals surface area contributed by atoms with Crippen molar-refractivity contribution in [2.75, 3.05) is 32.1 Å². The van der Waals surface area contributed by atoms with Crippen molar-refractivity contribution in [1.29, 1.82) is 0 Å². The fraction of sp³-hybridized carbons (Fsp3) is 0.333. The Balaban J connectivity index is 2.70. The van der Waals surface area contributed by atoms with Crippen LogP contribution in [0.25, 0.3) is 0 Å². The quantitative estimate of drug-likeness (QED) is 0.640. The predicted octanol–water partition coefficient (Wildman–Crippen LogP) is 1.80. The first-order chi connectivity index (χ1) is 11.5. The van der Waals surface area contributed by atoms with E-state index in [0.717, 1.165) is 0 Å². The Labute approximate surface area is 143 Å². The minimum Gasteiger partial charge on any atom is -0.380 e. The first kappa shape index (κ1) is 19.6. The van der Waals surface area contributed by atoms with Gasteiger partial charge < -0.3 is 20.7 Å². The lowest BCUT2D eigenvalue weighted by atomic mass is 10.1. The number of carbonyl (C=O) groups is 2. The molecule has 0 fully saturated rings. The van der Waals surface area contributed by atoms with E-state index in [-0.39, 0.29) is 30.9 Å². The molecule has 0 spiro atoms. The average Bonchev–Trinajstić information content (AvgIpc) is 2.59. The third-order valence-corrected chi connectivity index (χ3v) is 3.41. The van der Waals surface area contributed by atoms with Gasteiger partial charge in [0.2, 0.25) is 5.91 Å². The van der Waals surface area contributed by atoms with Gasteiger partial charge in [0.05, 0.1) is 12.5 Å². The minimum atomic E-state index is -0.308. The van der Waals surface area contributed by atoms with Gasteiger partial charge in [-0.15, -0.1) is 13.2 Å². The van der Waals surface area contributed by atoms with Crippen molar-refractivity contribution in [1.82, 2.24) is 4.90 Å². The molecule has 0 bridgehead atoms. The van der Waals surface area contributed by atoms with Crippen LogP contribution in [0.15, 0.2) is 49.6 Å². The fourth-order valence-corrected chi connectivity index (χ4v) is 2.11. The number of amides is 2. The van der Waals surface area contributed by atoms with E-state index in [1.165, 1.54) is 7.11 Å². The Kier molecular flexibility index (Phi) is 8.46. The Hall–Kier alpha value is -2.44. The van der Waals surface area contributed by atoms with Gasteiger partial charge in [0.1, 0.15) is 0 Å². The molecule has 0 saturated carbocycles. The molecule has 0 aliphatic heterocycles. The lowest BCUT2D eigenvalue weighted by Gasteiger charge is -2.19. The molecule has 1 aromatic rings. The smallest absolute Gasteiger partial charge is 0.254 e. The van der Waals surface area contributed by atoms with Gasteiger partial charge in [-0.3, -0.25) is 9.59 Å². The summed E-state index contributed by atoms with van der Waals surface area (Å²) < 4.78 is 5.08. The van der Waals surface area contributed by atoms with E-state index in [1.807, 2.05) is 0 Å². The van der Waals surface area contributed by atoms with Gasteiger partial charge in [0.25, 0.3) is 5.91 Å². The third-order valence-electron chi connectivity index (χ3n) is 3.41. The number of benzene rings is 1. The van der Waals surface area contributed by atoms with E-state index in [4.69, 9.17) is 10.5 Å². The van der Waals surface area contributed by atoms with Gasteiger partial charge in [0, 0.05) is 38.0 Å². The van der Waals surface area contributed by atoms with Gasteiger partial charge >= 0.3 is 0 Å². The number of nitrogens with two attached hydrogens (primary N) is 1. The van der Waals surface area contributed by atoms with Crippen molar-refractivity contribution in [2.24, 2.45) is 5.73 Å². The molecule has 1 unspecified atom stereocenters. The molecule has 24 heavy (non-hydrogen) atoms. The van der Waals surface area contributed by atoms with Gasteiger partial charge in [0.15, 0.2) is 0 Å². The van der Waals surface area contributed by atoms with Crippen molar-refractivity contribution in [2.45, 2.75) is 12.5 Å². The number of anilines is 1. The fourth-order valence-electron chi connectivity index (χ4n) is 2.11. The van der Waals surface area contributed by atoms with E-state index in [9.17, 15) is 9.59 Å². The zero-order chi connectivity index (χ0) is 17.9. The zero-order valence-corrected chi connectivity index (χ0v) is 14.0. The minimum absolute atomic E-state index is 0.116. The van der Waals surface area contributed by atoms with E-state index in [1.54, 1.807) is 41.3 Å². The summed E-state index contributed by atoms with van der Waals surface area (Å²) in [5.41, 5.74) is 6.64. The predicted molar refractivity (Wildman–Crippen MR) is 95.8 cm³/mol.